The van der Waals surface area contributed by atoms with Gasteiger partial charge in [-0.3, -0.25) is 9.78 Å². The van der Waals surface area contributed by atoms with Gasteiger partial charge in [0, 0.05) is 24.1 Å². The fourth-order valence-corrected chi connectivity index (χ4v) is 2.90. The van der Waals surface area contributed by atoms with E-state index in [-0.39, 0.29) is 17.4 Å². The Kier molecular flexibility index (Phi) is 6.45. The van der Waals surface area contributed by atoms with E-state index in [1.807, 2.05) is 0 Å². The van der Waals surface area contributed by atoms with Gasteiger partial charge in [0.1, 0.15) is 17.3 Å². The number of aromatic nitrogens is 1. The summed E-state index contributed by atoms with van der Waals surface area (Å²) in [6, 6.07) is 15.0. The number of benzene rings is 2. The Hall–Kier alpha value is -3.12. The fourth-order valence-electron chi connectivity index (χ4n) is 2.65. The van der Waals surface area contributed by atoms with Gasteiger partial charge in [-0.2, -0.15) is 0 Å². The van der Waals surface area contributed by atoms with Crippen LogP contribution in [0.25, 0.3) is 0 Å². The molecule has 5 nitrogen and oxygen atoms in total. The van der Waals surface area contributed by atoms with Gasteiger partial charge < -0.3 is 15.4 Å². The molecule has 1 aromatic heterocycles. The molecular weight excluding hydrogens is 381 g/mol. The molecule has 28 heavy (non-hydrogen) atoms. The first kappa shape index (κ1) is 19.6. The summed E-state index contributed by atoms with van der Waals surface area (Å²) in [4.78, 5) is 16.5. The second kappa shape index (κ2) is 9.19. The third-order valence-corrected chi connectivity index (χ3v) is 4.38. The monoisotopic (exact) mass is 399 g/mol. The molecule has 0 saturated carbocycles. The minimum absolute atomic E-state index is 0.225. The highest BCUT2D eigenvalue weighted by atomic mass is 35.5. The minimum Gasteiger partial charge on any atom is -0.495 e. The summed E-state index contributed by atoms with van der Waals surface area (Å²) in [5.41, 5.74) is 2.15. The van der Waals surface area contributed by atoms with E-state index in [2.05, 4.69) is 15.6 Å². The highest BCUT2D eigenvalue weighted by Gasteiger charge is 2.10. The fraction of sp³-hybridized carbons (Fsp3) is 0.143. The number of nitrogens with one attached hydrogen (secondary N) is 2. The Morgan fingerprint density at radius 3 is 2.71 bits per heavy atom. The maximum atomic E-state index is 13.7. The molecular formula is C21H19ClFN3O2. The van der Waals surface area contributed by atoms with E-state index in [4.69, 9.17) is 16.3 Å². The summed E-state index contributed by atoms with van der Waals surface area (Å²) >= 11 is 6.07. The van der Waals surface area contributed by atoms with Crippen molar-refractivity contribution in [3.05, 3.63) is 82.9 Å². The van der Waals surface area contributed by atoms with E-state index in [1.165, 1.54) is 13.2 Å². The highest BCUT2D eigenvalue weighted by Crippen LogP contribution is 2.27. The quantitative estimate of drug-likeness (QED) is 0.599. The van der Waals surface area contributed by atoms with Gasteiger partial charge in [-0.1, -0.05) is 29.8 Å². The van der Waals surface area contributed by atoms with Crippen LogP contribution in [0.15, 0.2) is 60.8 Å². The third kappa shape index (κ3) is 4.98. The maximum Gasteiger partial charge on any atom is 0.274 e. The van der Waals surface area contributed by atoms with Gasteiger partial charge in [-0.05, 0) is 48.4 Å². The van der Waals surface area contributed by atoms with Crippen LogP contribution in [0.4, 0.5) is 15.8 Å². The number of pyridine rings is 1. The summed E-state index contributed by atoms with van der Waals surface area (Å²) in [6.07, 6.45) is 2.07. The van der Waals surface area contributed by atoms with E-state index >= 15 is 0 Å². The molecule has 7 heteroatoms. The van der Waals surface area contributed by atoms with Crippen LogP contribution in [-0.2, 0) is 6.42 Å². The van der Waals surface area contributed by atoms with E-state index in [9.17, 15) is 9.18 Å². The summed E-state index contributed by atoms with van der Waals surface area (Å²) in [5, 5.41) is 6.33. The Morgan fingerprint density at radius 1 is 1.14 bits per heavy atom. The van der Waals surface area contributed by atoms with Crippen molar-refractivity contribution in [2.45, 2.75) is 6.42 Å². The molecule has 1 heterocycles. The summed E-state index contributed by atoms with van der Waals surface area (Å²) in [5.74, 6) is -0.0601. The van der Waals surface area contributed by atoms with Crippen LogP contribution < -0.4 is 15.4 Å². The van der Waals surface area contributed by atoms with Crippen LogP contribution in [-0.4, -0.2) is 24.5 Å². The van der Waals surface area contributed by atoms with Gasteiger partial charge in [0.15, 0.2) is 0 Å². The maximum absolute atomic E-state index is 13.7. The summed E-state index contributed by atoms with van der Waals surface area (Å²) < 4.78 is 18.8. The molecule has 0 radical (unpaired) electrons. The average molecular weight is 400 g/mol. The van der Waals surface area contributed by atoms with Gasteiger partial charge in [-0.25, -0.2) is 4.39 Å². The second-order valence-electron chi connectivity index (χ2n) is 6.00. The molecule has 0 aliphatic carbocycles. The number of hydrogen-bond acceptors (Lipinski definition) is 4. The zero-order valence-electron chi connectivity index (χ0n) is 15.2. The molecule has 2 aromatic carbocycles. The number of ether oxygens (including phenoxy) is 1. The summed E-state index contributed by atoms with van der Waals surface area (Å²) in [6.45, 7) is 0.528. The van der Waals surface area contributed by atoms with Crippen LogP contribution in [0.1, 0.15) is 16.1 Å². The number of nitrogens with zero attached hydrogens (tertiary/aromatic N) is 1. The predicted molar refractivity (Wildman–Crippen MR) is 109 cm³/mol. The average Bonchev–Trinajstić information content (AvgIpc) is 2.70. The number of halogens is 2. The van der Waals surface area contributed by atoms with Crippen molar-refractivity contribution < 1.29 is 13.9 Å². The molecule has 0 unspecified atom stereocenters. The zero-order valence-corrected chi connectivity index (χ0v) is 16.0. The molecule has 3 aromatic rings. The third-order valence-electron chi connectivity index (χ3n) is 4.08. The van der Waals surface area contributed by atoms with Gasteiger partial charge in [0.2, 0.25) is 0 Å². The normalized spacial score (nSPS) is 10.4. The van der Waals surface area contributed by atoms with Crippen molar-refractivity contribution >= 4 is 28.9 Å². The van der Waals surface area contributed by atoms with Crippen molar-refractivity contribution in [3.63, 3.8) is 0 Å². The number of methoxy groups -OCH3 is 1. The molecule has 0 saturated heterocycles. The zero-order chi connectivity index (χ0) is 19.9. The molecule has 0 atom stereocenters. The topological polar surface area (TPSA) is 63.2 Å². The number of rotatable bonds is 7. The molecule has 1 amide bonds. The molecule has 0 aliphatic rings. The largest absolute Gasteiger partial charge is 0.495 e. The van der Waals surface area contributed by atoms with E-state index in [0.29, 0.717) is 35.0 Å². The first-order valence-electron chi connectivity index (χ1n) is 8.65. The lowest BCUT2D eigenvalue weighted by Gasteiger charge is -2.10. The van der Waals surface area contributed by atoms with Crippen molar-refractivity contribution in [1.29, 1.82) is 0 Å². The Balaban J connectivity index is 1.61. The smallest absolute Gasteiger partial charge is 0.274 e. The van der Waals surface area contributed by atoms with E-state index in [0.717, 1.165) is 5.69 Å². The van der Waals surface area contributed by atoms with Crippen molar-refractivity contribution in [2.24, 2.45) is 0 Å². The molecule has 3 rings (SSSR count). The molecule has 144 valence electrons. The molecule has 2 N–H and O–H groups in total. The van der Waals surface area contributed by atoms with Crippen molar-refractivity contribution in [2.75, 3.05) is 24.3 Å². The minimum atomic E-state index is -0.362. The van der Waals surface area contributed by atoms with Crippen LogP contribution in [0.3, 0.4) is 0 Å². The Morgan fingerprint density at radius 2 is 1.96 bits per heavy atom. The lowest BCUT2D eigenvalue weighted by molar-refractivity contribution is 0.102. The van der Waals surface area contributed by atoms with Gasteiger partial charge in [-0.15, -0.1) is 0 Å². The van der Waals surface area contributed by atoms with Crippen LogP contribution in [0.5, 0.6) is 5.75 Å². The molecule has 0 aliphatic heterocycles. The molecule has 0 spiro atoms. The summed E-state index contributed by atoms with van der Waals surface area (Å²) in [7, 11) is 1.52. The molecule has 0 fully saturated rings. The van der Waals surface area contributed by atoms with Crippen molar-refractivity contribution in [3.8, 4) is 5.75 Å². The number of anilines is 2. The predicted octanol–water partition coefficient (Wildman–Crippen LogP) is 4.79. The van der Waals surface area contributed by atoms with Crippen molar-refractivity contribution in [1.82, 2.24) is 4.98 Å². The second-order valence-corrected chi connectivity index (χ2v) is 6.41. The lowest BCUT2D eigenvalue weighted by Crippen LogP contribution is -2.14. The number of amides is 1. The van der Waals surface area contributed by atoms with Gasteiger partial charge in [0.05, 0.1) is 12.1 Å². The van der Waals surface area contributed by atoms with E-state index < -0.39 is 0 Å². The standard InChI is InChI=1S/C21H19ClFN3O2/c1-28-20-7-6-16(12-17(20)22)26-21(27)19-13-15(9-11-25-19)24-10-8-14-4-2-3-5-18(14)23/h2-7,9,11-13H,8,10H2,1H3,(H,24,25)(H,26,27). The Labute approximate surface area is 167 Å². The first-order valence-corrected chi connectivity index (χ1v) is 9.03. The number of carbonyl (C=O) groups excluding carboxylic acids is 1. The lowest BCUT2D eigenvalue weighted by atomic mass is 10.1. The first-order chi connectivity index (χ1) is 13.6. The number of hydrogen-bond donors (Lipinski definition) is 2. The molecule has 0 bridgehead atoms. The highest BCUT2D eigenvalue weighted by molar-refractivity contribution is 6.32. The van der Waals surface area contributed by atoms with Gasteiger partial charge in [0.25, 0.3) is 5.91 Å². The van der Waals surface area contributed by atoms with Crippen LogP contribution in [0, 0.1) is 5.82 Å². The number of carbonyl (C=O) groups is 1. The Bertz CT molecular complexity index is 981. The van der Waals surface area contributed by atoms with Gasteiger partial charge >= 0.3 is 0 Å². The van der Waals surface area contributed by atoms with E-state index in [1.54, 1.807) is 54.7 Å². The van der Waals surface area contributed by atoms with Crippen LogP contribution >= 0.6 is 11.6 Å². The SMILES string of the molecule is COc1ccc(NC(=O)c2cc(NCCc3ccccc3F)ccn2)cc1Cl. The van der Waals surface area contributed by atoms with Crippen LogP contribution in [0.2, 0.25) is 5.02 Å².